The molecule has 13 nitrogen and oxygen atoms in total. The fraction of sp³-hybridized carbons (Fsp3) is 0.414. The third-order valence-electron chi connectivity index (χ3n) is 7.93. The molecule has 2 saturated heterocycles. The molecule has 2 aliphatic rings. The van der Waals surface area contributed by atoms with Gasteiger partial charge in [0.15, 0.2) is 16.6 Å². The number of anilines is 2. The third-order valence-corrected chi connectivity index (χ3v) is 9.22. The second-order valence-corrected chi connectivity index (χ2v) is 12.7. The smallest absolute Gasteiger partial charge is 0.238 e. The first-order chi connectivity index (χ1) is 21.3. The van der Waals surface area contributed by atoms with Crippen molar-refractivity contribution in [2.45, 2.75) is 11.3 Å². The summed E-state index contributed by atoms with van der Waals surface area (Å²) >= 11 is 5.64. The molecule has 4 N–H and O–H groups in total. The number of nitrogens with zero attached hydrogens (tertiary/aromatic N) is 5. The molecule has 0 radical (unpaired) electrons. The van der Waals surface area contributed by atoms with Crippen LogP contribution in [-0.4, -0.2) is 111 Å². The van der Waals surface area contributed by atoms with Crippen LogP contribution in [0.1, 0.15) is 6.42 Å². The lowest BCUT2D eigenvalue weighted by Crippen LogP contribution is -2.50. The van der Waals surface area contributed by atoms with Crippen LogP contribution in [0.25, 0.3) is 21.9 Å². The number of methoxy groups -OCH3 is 1. The molecule has 15 heteroatoms. The van der Waals surface area contributed by atoms with Crippen molar-refractivity contribution < 1.29 is 22.6 Å². The normalized spacial score (nSPS) is 16.4. The average Bonchev–Trinajstić information content (AvgIpc) is 3.40. The summed E-state index contributed by atoms with van der Waals surface area (Å²) in [6.45, 7) is 7.84. The van der Waals surface area contributed by atoms with Gasteiger partial charge in [-0.25, -0.2) is 23.5 Å². The van der Waals surface area contributed by atoms with E-state index in [4.69, 9.17) is 31.6 Å². The zero-order chi connectivity index (χ0) is 30.7. The van der Waals surface area contributed by atoms with Crippen LogP contribution >= 0.6 is 12.2 Å². The molecule has 4 aromatic rings. The van der Waals surface area contributed by atoms with Crippen LogP contribution in [0.15, 0.2) is 47.6 Å². The highest BCUT2D eigenvalue weighted by molar-refractivity contribution is 7.89. The van der Waals surface area contributed by atoms with Crippen LogP contribution < -0.4 is 24.8 Å². The molecule has 234 valence electrons. The summed E-state index contributed by atoms with van der Waals surface area (Å²) in [4.78, 5) is 19.4. The van der Waals surface area contributed by atoms with Gasteiger partial charge in [-0.05, 0) is 49.0 Å². The summed E-state index contributed by atoms with van der Waals surface area (Å²) in [6, 6.07) is 10.2. The highest BCUT2D eigenvalue weighted by atomic mass is 32.2. The van der Waals surface area contributed by atoms with Gasteiger partial charge < -0.3 is 34.3 Å². The fourth-order valence-electron chi connectivity index (χ4n) is 5.58. The standard InChI is InChI=1S/C29H36N8O5S2/c1-40-24-17-22-23(18-25(24)42-14-2-7-35-12-15-41-16-13-35)34-27-26(22)28(32-19-31-27)36-8-10-37(11-9-36)29(43)33-20-3-5-21(6-4-20)44(30,38)39/h3-6,17-19H,2,7-16H2,1H3,(H,33,43)(H2,30,38,39)(H,31,32,34). The molecule has 6 rings (SSSR count). The highest BCUT2D eigenvalue weighted by Crippen LogP contribution is 2.38. The van der Waals surface area contributed by atoms with Crippen LogP contribution in [-0.2, 0) is 14.8 Å². The maximum atomic E-state index is 11.5. The monoisotopic (exact) mass is 640 g/mol. The molecule has 0 atom stereocenters. The third kappa shape index (κ3) is 6.66. The summed E-state index contributed by atoms with van der Waals surface area (Å²) in [5.74, 6) is 2.20. The SMILES string of the molecule is COc1cc2c(cc1OCCCN1CCOCC1)[nH]c1ncnc(N3CCN(C(=S)Nc4ccc(S(N)(=O)=O)cc4)CC3)c12. The van der Waals surface area contributed by atoms with Crippen LogP contribution in [0.2, 0.25) is 0 Å². The Morgan fingerprint density at radius 3 is 2.52 bits per heavy atom. The van der Waals surface area contributed by atoms with E-state index in [1.165, 1.54) is 12.1 Å². The van der Waals surface area contributed by atoms with Crippen molar-refractivity contribution in [2.75, 3.05) is 83.0 Å². The fourth-order valence-corrected chi connectivity index (χ4v) is 6.39. The van der Waals surface area contributed by atoms with Crippen LogP contribution in [0.4, 0.5) is 11.5 Å². The number of nitrogens with two attached hydrogens (primary N) is 1. The lowest BCUT2D eigenvalue weighted by molar-refractivity contribution is 0.0357. The Morgan fingerprint density at radius 1 is 1.07 bits per heavy atom. The number of aromatic nitrogens is 3. The van der Waals surface area contributed by atoms with E-state index in [-0.39, 0.29) is 4.90 Å². The van der Waals surface area contributed by atoms with Crippen LogP contribution in [0, 0.1) is 0 Å². The number of H-pyrrole nitrogens is 1. The Bertz CT molecular complexity index is 1730. The molecule has 0 bridgehead atoms. The number of sulfonamides is 1. The van der Waals surface area contributed by atoms with E-state index in [0.717, 1.165) is 67.0 Å². The van der Waals surface area contributed by atoms with Gasteiger partial charge in [0, 0.05) is 63.0 Å². The Hall–Kier alpha value is -3.76. The number of aromatic amines is 1. The second-order valence-electron chi connectivity index (χ2n) is 10.7. The van der Waals surface area contributed by atoms with Gasteiger partial charge in [0.2, 0.25) is 10.0 Å². The zero-order valence-corrected chi connectivity index (χ0v) is 26.1. The lowest BCUT2D eigenvalue weighted by atomic mass is 10.1. The lowest BCUT2D eigenvalue weighted by Gasteiger charge is -2.37. The Morgan fingerprint density at radius 2 is 1.82 bits per heavy atom. The van der Waals surface area contributed by atoms with Gasteiger partial charge in [-0.15, -0.1) is 0 Å². The maximum Gasteiger partial charge on any atom is 0.238 e. The first-order valence-electron chi connectivity index (χ1n) is 14.5. The van der Waals surface area contributed by atoms with Crippen molar-refractivity contribution in [3.63, 3.8) is 0 Å². The van der Waals surface area contributed by atoms with E-state index < -0.39 is 10.0 Å². The van der Waals surface area contributed by atoms with Gasteiger partial charge in [-0.1, -0.05) is 0 Å². The highest BCUT2D eigenvalue weighted by Gasteiger charge is 2.24. The summed E-state index contributed by atoms with van der Waals surface area (Å²) < 4.78 is 40.4. The number of nitrogens with one attached hydrogen (secondary N) is 2. The van der Waals surface area contributed by atoms with Crippen LogP contribution in [0.5, 0.6) is 11.5 Å². The van der Waals surface area contributed by atoms with Crippen molar-refractivity contribution in [3.8, 4) is 11.5 Å². The summed E-state index contributed by atoms with van der Waals surface area (Å²) in [5.41, 5.74) is 2.35. The maximum absolute atomic E-state index is 11.5. The van der Waals surface area contributed by atoms with Crippen molar-refractivity contribution >= 4 is 60.8 Å². The number of piperazine rings is 1. The number of hydrogen-bond donors (Lipinski definition) is 3. The molecule has 2 aromatic heterocycles. The number of fused-ring (bicyclic) bond motifs is 3. The zero-order valence-electron chi connectivity index (χ0n) is 24.5. The molecule has 4 heterocycles. The molecule has 0 saturated carbocycles. The quantitative estimate of drug-likeness (QED) is 0.182. The van der Waals surface area contributed by atoms with Crippen molar-refractivity contribution in [1.29, 1.82) is 0 Å². The van der Waals surface area contributed by atoms with Crippen LogP contribution in [0.3, 0.4) is 0 Å². The van der Waals surface area contributed by atoms with Gasteiger partial charge in [0.1, 0.15) is 17.8 Å². The summed E-state index contributed by atoms with van der Waals surface area (Å²) in [5, 5.41) is 10.8. The van der Waals surface area contributed by atoms with Gasteiger partial charge in [0.05, 0.1) is 42.7 Å². The Labute approximate surface area is 261 Å². The van der Waals surface area contributed by atoms with E-state index in [9.17, 15) is 8.42 Å². The van der Waals surface area contributed by atoms with Gasteiger partial charge in [0.25, 0.3) is 0 Å². The number of morpholine rings is 1. The average molecular weight is 641 g/mol. The predicted octanol–water partition coefficient (Wildman–Crippen LogP) is 2.39. The molecule has 2 aliphatic heterocycles. The van der Waals surface area contributed by atoms with E-state index in [2.05, 4.69) is 35.0 Å². The van der Waals surface area contributed by atoms with Crippen molar-refractivity contribution in [1.82, 2.24) is 24.8 Å². The number of hydrogen-bond acceptors (Lipinski definition) is 10. The first-order valence-corrected chi connectivity index (χ1v) is 16.5. The number of primary sulfonamides is 1. The molecule has 0 amide bonds. The molecule has 0 spiro atoms. The van der Waals surface area contributed by atoms with Crippen molar-refractivity contribution in [2.24, 2.45) is 5.14 Å². The molecular formula is C29H36N8O5S2. The van der Waals surface area contributed by atoms with E-state index >= 15 is 0 Å². The minimum atomic E-state index is -3.75. The minimum absolute atomic E-state index is 0.0527. The molecule has 44 heavy (non-hydrogen) atoms. The second kappa shape index (κ2) is 13.1. The number of ether oxygens (including phenoxy) is 3. The predicted molar refractivity (Wildman–Crippen MR) is 173 cm³/mol. The van der Waals surface area contributed by atoms with E-state index in [1.54, 1.807) is 25.6 Å². The van der Waals surface area contributed by atoms with Gasteiger partial charge in [-0.3, -0.25) is 4.90 Å². The topological polar surface area (TPSA) is 151 Å². The van der Waals surface area contributed by atoms with Gasteiger partial charge >= 0.3 is 0 Å². The number of thiocarbonyl (C=S) groups is 1. The summed E-state index contributed by atoms with van der Waals surface area (Å²) in [7, 11) is -2.10. The Kier molecular flexibility index (Phi) is 9.00. The number of rotatable bonds is 9. The molecule has 0 unspecified atom stereocenters. The Balaban J connectivity index is 1.12. The first kappa shape index (κ1) is 30.3. The molecular weight excluding hydrogens is 605 g/mol. The van der Waals surface area contributed by atoms with Gasteiger partial charge in [-0.2, -0.15) is 0 Å². The molecule has 0 aliphatic carbocycles. The largest absolute Gasteiger partial charge is 0.493 e. The number of benzene rings is 2. The van der Waals surface area contributed by atoms with Crippen molar-refractivity contribution in [3.05, 3.63) is 42.7 Å². The molecule has 2 aromatic carbocycles. The summed E-state index contributed by atoms with van der Waals surface area (Å²) in [6.07, 6.45) is 2.50. The van der Waals surface area contributed by atoms with E-state index in [1.807, 2.05) is 12.1 Å². The minimum Gasteiger partial charge on any atom is -0.493 e. The van der Waals surface area contributed by atoms with E-state index in [0.29, 0.717) is 55.1 Å². The molecule has 2 fully saturated rings.